The third kappa shape index (κ3) is 2.17. The van der Waals surface area contributed by atoms with E-state index in [1.807, 2.05) is 6.20 Å². The van der Waals surface area contributed by atoms with Crippen molar-refractivity contribution in [3.8, 4) is 16.9 Å². The maximum atomic E-state index is 4.89. The molecule has 152 valence electrons. The monoisotopic (exact) mass is 410 g/mol. The smallest absolute Gasteiger partial charge is 0.0786 e. The molecule has 1 aliphatic rings. The highest BCUT2D eigenvalue weighted by Gasteiger charge is 2.35. The van der Waals surface area contributed by atoms with Crippen LogP contribution in [-0.4, -0.2) is 9.55 Å². The van der Waals surface area contributed by atoms with Gasteiger partial charge in [-0.05, 0) is 52.9 Å². The van der Waals surface area contributed by atoms with Crippen molar-refractivity contribution in [2.75, 3.05) is 0 Å². The fourth-order valence-corrected chi connectivity index (χ4v) is 5.68. The predicted octanol–water partition coefficient (Wildman–Crippen LogP) is 7.64. The molecule has 32 heavy (non-hydrogen) atoms. The predicted molar refractivity (Wildman–Crippen MR) is 134 cm³/mol. The highest BCUT2D eigenvalue weighted by Crippen LogP contribution is 2.49. The van der Waals surface area contributed by atoms with Gasteiger partial charge in [-0.3, -0.25) is 4.98 Å². The number of fused-ring (bicyclic) bond motifs is 5. The van der Waals surface area contributed by atoms with Crippen LogP contribution in [0.4, 0.5) is 0 Å². The Hall–Kier alpha value is -3.91. The second kappa shape index (κ2) is 6.08. The van der Waals surface area contributed by atoms with Gasteiger partial charge in [0.05, 0.1) is 16.7 Å². The lowest BCUT2D eigenvalue weighted by Gasteiger charge is -2.34. The fraction of sp³-hybridized carbons (Fsp3) is 0.100. The lowest BCUT2D eigenvalue weighted by atomic mass is 9.69. The molecule has 2 heteroatoms. The molecule has 7 rings (SSSR count). The molecule has 0 saturated heterocycles. The number of para-hydroxylation sites is 2. The quantitative estimate of drug-likeness (QED) is 0.272. The molecular formula is C30H22N2. The molecule has 4 aromatic carbocycles. The molecule has 0 atom stereocenters. The standard InChI is InChI=1S/C30H22N2/c1-30(2)24-13-8-9-19-15-16-31-29(28(19)24)23-17-22-21-12-6-7-14-26(21)32(27(22)18-25(23)30)20-10-4-3-5-11-20/h3-18H,1-2H3. The SMILES string of the molecule is CC1(C)c2cc3c(cc2-c2nccc4cccc1c24)c1ccccc1n3-c1ccccc1. The van der Waals surface area contributed by atoms with Crippen LogP contribution >= 0.6 is 0 Å². The molecule has 6 aromatic rings. The van der Waals surface area contributed by atoms with Crippen molar-refractivity contribution in [2.45, 2.75) is 19.3 Å². The molecule has 1 aliphatic carbocycles. The number of nitrogens with zero attached hydrogens (tertiary/aromatic N) is 2. The summed E-state index contributed by atoms with van der Waals surface area (Å²) in [4.78, 5) is 4.89. The summed E-state index contributed by atoms with van der Waals surface area (Å²) < 4.78 is 2.40. The summed E-state index contributed by atoms with van der Waals surface area (Å²) in [6.45, 7) is 4.69. The van der Waals surface area contributed by atoms with Gasteiger partial charge < -0.3 is 4.57 Å². The number of hydrogen-bond donors (Lipinski definition) is 0. The van der Waals surface area contributed by atoms with Gasteiger partial charge in [0.25, 0.3) is 0 Å². The Morgan fingerprint density at radius 3 is 2.38 bits per heavy atom. The number of pyridine rings is 1. The van der Waals surface area contributed by atoms with Gasteiger partial charge >= 0.3 is 0 Å². The van der Waals surface area contributed by atoms with Crippen molar-refractivity contribution in [2.24, 2.45) is 0 Å². The van der Waals surface area contributed by atoms with Gasteiger partial charge in [0.1, 0.15) is 0 Å². The second-order valence-electron chi connectivity index (χ2n) is 9.29. The van der Waals surface area contributed by atoms with Crippen LogP contribution in [0.1, 0.15) is 25.0 Å². The van der Waals surface area contributed by atoms with Crippen LogP contribution in [0.25, 0.3) is 49.5 Å². The van der Waals surface area contributed by atoms with Crippen LogP contribution in [-0.2, 0) is 5.41 Å². The van der Waals surface area contributed by atoms with E-state index in [2.05, 4.69) is 109 Å². The van der Waals surface area contributed by atoms with Gasteiger partial charge in [0.2, 0.25) is 0 Å². The summed E-state index contributed by atoms with van der Waals surface area (Å²) in [5.41, 5.74) is 8.60. The van der Waals surface area contributed by atoms with E-state index < -0.39 is 0 Å². The Morgan fingerprint density at radius 1 is 0.688 bits per heavy atom. The molecular weight excluding hydrogens is 388 g/mol. The van der Waals surface area contributed by atoms with Gasteiger partial charge in [0.15, 0.2) is 0 Å². The fourth-order valence-electron chi connectivity index (χ4n) is 5.68. The zero-order valence-electron chi connectivity index (χ0n) is 18.1. The van der Waals surface area contributed by atoms with Gasteiger partial charge in [-0.1, -0.05) is 68.4 Å². The molecule has 0 amide bonds. The average Bonchev–Trinajstić information content (AvgIpc) is 3.16. The van der Waals surface area contributed by atoms with E-state index >= 15 is 0 Å². The summed E-state index contributed by atoms with van der Waals surface area (Å²) in [6.07, 6.45) is 1.95. The molecule has 2 nitrogen and oxygen atoms in total. The summed E-state index contributed by atoms with van der Waals surface area (Å²) in [6, 6.07) is 33.0. The summed E-state index contributed by atoms with van der Waals surface area (Å²) >= 11 is 0. The van der Waals surface area contributed by atoms with E-state index in [9.17, 15) is 0 Å². The Bertz CT molecular complexity index is 1680. The summed E-state index contributed by atoms with van der Waals surface area (Å²) in [5, 5.41) is 5.10. The highest BCUT2D eigenvalue weighted by molar-refractivity contribution is 6.12. The van der Waals surface area contributed by atoms with Gasteiger partial charge in [-0.15, -0.1) is 0 Å². The minimum Gasteiger partial charge on any atom is -0.309 e. The Kier molecular flexibility index (Phi) is 3.37. The van der Waals surface area contributed by atoms with Crippen molar-refractivity contribution in [1.29, 1.82) is 0 Å². The van der Waals surface area contributed by atoms with Crippen LogP contribution < -0.4 is 0 Å². The van der Waals surface area contributed by atoms with Crippen LogP contribution in [0.2, 0.25) is 0 Å². The Balaban J connectivity index is 1.68. The molecule has 0 bridgehead atoms. The third-order valence-electron chi connectivity index (χ3n) is 7.22. The molecule has 0 fully saturated rings. The largest absolute Gasteiger partial charge is 0.309 e. The first-order chi connectivity index (χ1) is 15.6. The molecule has 2 aromatic heterocycles. The van der Waals surface area contributed by atoms with Gasteiger partial charge in [0, 0.05) is 39.0 Å². The van der Waals surface area contributed by atoms with Crippen molar-refractivity contribution >= 4 is 32.6 Å². The van der Waals surface area contributed by atoms with E-state index in [-0.39, 0.29) is 5.41 Å². The van der Waals surface area contributed by atoms with E-state index in [0.29, 0.717) is 0 Å². The van der Waals surface area contributed by atoms with Crippen LogP contribution in [0.15, 0.2) is 97.2 Å². The van der Waals surface area contributed by atoms with Gasteiger partial charge in [-0.25, -0.2) is 0 Å². The normalized spacial score (nSPS) is 14.2. The zero-order valence-corrected chi connectivity index (χ0v) is 18.1. The first-order valence-corrected chi connectivity index (χ1v) is 11.2. The third-order valence-corrected chi connectivity index (χ3v) is 7.22. The minimum atomic E-state index is -0.114. The van der Waals surface area contributed by atoms with E-state index in [0.717, 1.165) is 5.69 Å². The summed E-state index contributed by atoms with van der Waals surface area (Å²) in [5.74, 6) is 0. The lowest BCUT2D eigenvalue weighted by molar-refractivity contribution is 0.645. The average molecular weight is 411 g/mol. The van der Waals surface area contributed by atoms with E-state index in [1.54, 1.807) is 0 Å². The van der Waals surface area contributed by atoms with Gasteiger partial charge in [-0.2, -0.15) is 0 Å². The lowest BCUT2D eigenvalue weighted by Crippen LogP contribution is -2.24. The maximum Gasteiger partial charge on any atom is 0.0786 e. The molecule has 0 spiro atoms. The van der Waals surface area contributed by atoms with Crippen molar-refractivity contribution in [3.63, 3.8) is 0 Å². The Labute approximate surface area is 186 Å². The van der Waals surface area contributed by atoms with Crippen LogP contribution in [0, 0.1) is 0 Å². The van der Waals surface area contributed by atoms with E-state index in [1.165, 1.54) is 55.0 Å². The molecule has 0 N–H and O–H groups in total. The van der Waals surface area contributed by atoms with Crippen molar-refractivity contribution < 1.29 is 0 Å². The van der Waals surface area contributed by atoms with Crippen molar-refractivity contribution in [3.05, 3.63) is 108 Å². The van der Waals surface area contributed by atoms with Crippen LogP contribution in [0.3, 0.4) is 0 Å². The molecule has 0 aliphatic heterocycles. The number of benzene rings is 4. The Morgan fingerprint density at radius 2 is 1.50 bits per heavy atom. The second-order valence-corrected chi connectivity index (χ2v) is 9.29. The van der Waals surface area contributed by atoms with Crippen LogP contribution in [0.5, 0.6) is 0 Å². The number of hydrogen-bond acceptors (Lipinski definition) is 1. The maximum absolute atomic E-state index is 4.89. The number of rotatable bonds is 1. The number of aromatic nitrogens is 2. The molecule has 0 saturated carbocycles. The first kappa shape index (κ1) is 17.7. The molecule has 0 radical (unpaired) electrons. The summed E-state index contributed by atoms with van der Waals surface area (Å²) in [7, 11) is 0. The first-order valence-electron chi connectivity index (χ1n) is 11.2. The molecule has 0 unspecified atom stereocenters. The van der Waals surface area contributed by atoms with Crippen molar-refractivity contribution in [1.82, 2.24) is 9.55 Å². The zero-order chi connectivity index (χ0) is 21.4. The molecule has 2 heterocycles. The topological polar surface area (TPSA) is 17.8 Å². The highest BCUT2D eigenvalue weighted by atomic mass is 15.0. The minimum absolute atomic E-state index is 0.114. The van der Waals surface area contributed by atoms with E-state index in [4.69, 9.17) is 4.98 Å².